The van der Waals surface area contributed by atoms with Crippen molar-refractivity contribution in [2.75, 3.05) is 5.73 Å². The van der Waals surface area contributed by atoms with Crippen molar-refractivity contribution < 1.29 is 4.79 Å². The van der Waals surface area contributed by atoms with E-state index in [2.05, 4.69) is 21.0 Å². The van der Waals surface area contributed by atoms with Crippen LogP contribution in [0.2, 0.25) is 5.02 Å². The van der Waals surface area contributed by atoms with Gasteiger partial charge in [0.15, 0.2) is 5.82 Å². The molecule has 0 spiro atoms. The van der Waals surface area contributed by atoms with Crippen molar-refractivity contribution in [3.05, 3.63) is 39.5 Å². The lowest BCUT2D eigenvalue weighted by Gasteiger charge is -2.06. The molecule has 0 bridgehead atoms. The predicted octanol–water partition coefficient (Wildman–Crippen LogP) is 1.97. The van der Waals surface area contributed by atoms with Crippen LogP contribution in [0.15, 0.2) is 28.9 Å². The van der Waals surface area contributed by atoms with Gasteiger partial charge in [0, 0.05) is 4.47 Å². The molecule has 0 radical (unpaired) electrons. The molecule has 88 valence electrons. The Balaban J connectivity index is 2.64. The molecule has 0 saturated carbocycles. The van der Waals surface area contributed by atoms with Crippen molar-refractivity contribution in [1.29, 1.82) is 0 Å². The van der Waals surface area contributed by atoms with E-state index in [0.717, 1.165) is 4.47 Å². The summed E-state index contributed by atoms with van der Waals surface area (Å²) in [5.41, 5.74) is 11.7. The van der Waals surface area contributed by atoms with Gasteiger partial charge in [-0.3, -0.25) is 4.79 Å². The van der Waals surface area contributed by atoms with E-state index in [9.17, 15) is 4.79 Å². The zero-order valence-electron chi connectivity index (χ0n) is 8.52. The van der Waals surface area contributed by atoms with Crippen molar-refractivity contribution in [1.82, 2.24) is 9.78 Å². The second-order valence-electron chi connectivity index (χ2n) is 3.33. The number of carbonyl (C=O) groups is 1. The SMILES string of the molecule is NC(=O)c1ccc(Br)cc1-n1cc(Cl)c(N)n1. The normalized spacial score (nSPS) is 10.5. The molecule has 1 amide bonds. The largest absolute Gasteiger partial charge is 0.381 e. The summed E-state index contributed by atoms with van der Waals surface area (Å²) in [4.78, 5) is 11.3. The van der Waals surface area contributed by atoms with Gasteiger partial charge < -0.3 is 11.5 Å². The quantitative estimate of drug-likeness (QED) is 0.888. The van der Waals surface area contributed by atoms with Gasteiger partial charge in [0.25, 0.3) is 5.91 Å². The second kappa shape index (κ2) is 4.38. The van der Waals surface area contributed by atoms with Crippen LogP contribution in [-0.4, -0.2) is 15.7 Å². The first-order valence-electron chi connectivity index (χ1n) is 4.59. The molecule has 0 aliphatic rings. The minimum atomic E-state index is -0.544. The van der Waals surface area contributed by atoms with E-state index >= 15 is 0 Å². The van der Waals surface area contributed by atoms with Gasteiger partial charge in [0.2, 0.25) is 0 Å². The number of hydrogen-bond acceptors (Lipinski definition) is 3. The fourth-order valence-electron chi connectivity index (χ4n) is 1.39. The number of nitrogens with zero attached hydrogens (tertiary/aromatic N) is 2. The van der Waals surface area contributed by atoms with Crippen molar-refractivity contribution in [2.45, 2.75) is 0 Å². The molecule has 2 rings (SSSR count). The number of rotatable bonds is 2. The second-order valence-corrected chi connectivity index (χ2v) is 4.66. The number of carbonyl (C=O) groups excluding carboxylic acids is 1. The molecule has 5 nitrogen and oxygen atoms in total. The molecule has 1 aromatic heterocycles. The molecule has 0 saturated heterocycles. The van der Waals surface area contributed by atoms with Crippen LogP contribution in [0.25, 0.3) is 5.69 Å². The van der Waals surface area contributed by atoms with Crippen LogP contribution in [0.5, 0.6) is 0 Å². The lowest BCUT2D eigenvalue weighted by molar-refractivity contribution is 0.1000. The topological polar surface area (TPSA) is 86.9 Å². The Morgan fingerprint density at radius 1 is 1.47 bits per heavy atom. The zero-order chi connectivity index (χ0) is 12.6. The number of nitrogen functional groups attached to an aromatic ring is 1. The molecule has 1 heterocycles. The Morgan fingerprint density at radius 3 is 2.71 bits per heavy atom. The Bertz CT molecular complexity index is 576. The summed E-state index contributed by atoms with van der Waals surface area (Å²) in [5.74, 6) is -0.347. The fourth-order valence-corrected chi connectivity index (χ4v) is 1.87. The number of anilines is 1. The molecule has 1 aromatic carbocycles. The Labute approximate surface area is 110 Å². The van der Waals surface area contributed by atoms with E-state index < -0.39 is 5.91 Å². The van der Waals surface area contributed by atoms with Crippen molar-refractivity contribution >= 4 is 39.3 Å². The predicted molar refractivity (Wildman–Crippen MR) is 69.2 cm³/mol. The first kappa shape index (κ1) is 11.9. The number of benzene rings is 1. The smallest absolute Gasteiger partial charge is 0.250 e. The summed E-state index contributed by atoms with van der Waals surface area (Å²) in [5, 5.41) is 4.32. The maximum atomic E-state index is 11.3. The highest BCUT2D eigenvalue weighted by Gasteiger charge is 2.13. The molecular formula is C10H8BrClN4O. The van der Waals surface area contributed by atoms with Gasteiger partial charge in [0.05, 0.1) is 17.4 Å². The maximum absolute atomic E-state index is 11.3. The van der Waals surface area contributed by atoms with Crippen molar-refractivity contribution in [2.24, 2.45) is 5.73 Å². The summed E-state index contributed by atoms with van der Waals surface area (Å²) < 4.78 is 2.21. The van der Waals surface area contributed by atoms with Crippen LogP contribution >= 0.6 is 27.5 Å². The van der Waals surface area contributed by atoms with Crippen LogP contribution in [0.1, 0.15) is 10.4 Å². The van der Waals surface area contributed by atoms with Gasteiger partial charge in [-0.2, -0.15) is 0 Å². The highest BCUT2D eigenvalue weighted by Crippen LogP contribution is 2.23. The summed E-state index contributed by atoms with van der Waals surface area (Å²) in [6.45, 7) is 0. The fraction of sp³-hybridized carbons (Fsp3) is 0. The van der Waals surface area contributed by atoms with E-state index in [1.807, 2.05) is 0 Å². The molecule has 17 heavy (non-hydrogen) atoms. The molecule has 0 unspecified atom stereocenters. The van der Waals surface area contributed by atoms with Gasteiger partial charge in [-0.1, -0.05) is 27.5 Å². The standard InChI is InChI=1S/C10H8BrClN4O/c11-5-1-2-6(10(14)17)8(3-5)16-4-7(12)9(13)15-16/h1-4H,(H2,13,15)(H2,14,17). The summed E-state index contributed by atoms with van der Waals surface area (Å²) in [6.07, 6.45) is 1.52. The minimum absolute atomic E-state index is 0.196. The minimum Gasteiger partial charge on any atom is -0.381 e. The third-order valence-corrected chi connectivity index (χ3v) is 2.95. The highest BCUT2D eigenvalue weighted by molar-refractivity contribution is 9.10. The molecule has 7 heteroatoms. The molecular weight excluding hydrogens is 307 g/mol. The summed E-state index contributed by atoms with van der Waals surface area (Å²) >= 11 is 9.13. The van der Waals surface area contributed by atoms with E-state index in [1.54, 1.807) is 18.2 Å². The number of amides is 1. The van der Waals surface area contributed by atoms with Crippen LogP contribution in [0, 0.1) is 0 Å². The average Bonchev–Trinajstić information content (AvgIpc) is 2.58. The first-order valence-corrected chi connectivity index (χ1v) is 5.76. The van der Waals surface area contributed by atoms with Crippen molar-refractivity contribution in [3.8, 4) is 5.69 Å². The molecule has 2 aromatic rings. The van der Waals surface area contributed by atoms with Crippen LogP contribution < -0.4 is 11.5 Å². The first-order chi connectivity index (χ1) is 7.99. The number of primary amides is 1. The number of hydrogen-bond donors (Lipinski definition) is 2. The number of halogens is 2. The monoisotopic (exact) mass is 314 g/mol. The van der Waals surface area contributed by atoms with Gasteiger partial charge in [-0.05, 0) is 18.2 Å². The highest BCUT2D eigenvalue weighted by atomic mass is 79.9. The van der Waals surface area contributed by atoms with Crippen LogP contribution in [0.3, 0.4) is 0 Å². The van der Waals surface area contributed by atoms with E-state index in [4.69, 9.17) is 23.1 Å². The van der Waals surface area contributed by atoms with E-state index in [0.29, 0.717) is 16.3 Å². The third kappa shape index (κ3) is 2.27. The summed E-state index contributed by atoms with van der Waals surface area (Å²) in [7, 11) is 0. The molecule has 4 N–H and O–H groups in total. The van der Waals surface area contributed by atoms with Gasteiger partial charge in [-0.15, -0.1) is 5.10 Å². The summed E-state index contributed by atoms with van der Waals surface area (Å²) in [6, 6.07) is 5.04. The molecule has 0 aliphatic carbocycles. The molecule has 0 atom stereocenters. The van der Waals surface area contributed by atoms with Gasteiger partial charge >= 0.3 is 0 Å². The maximum Gasteiger partial charge on any atom is 0.250 e. The lowest BCUT2D eigenvalue weighted by Crippen LogP contribution is -2.15. The average molecular weight is 316 g/mol. The van der Waals surface area contributed by atoms with E-state index in [-0.39, 0.29) is 5.82 Å². The van der Waals surface area contributed by atoms with Crippen LogP contribution in [-0.2, 0) is 0 Å². The van der Waals surface area contributed by atoms with Gasteiger partial charge in [0.1, 0.15) is 5.02 Å². The van der Waals surface area contributed by atoms with Crippen molar-refractivity contribution in [3.63, 3.8) is 0 Å². The molecule has 0 fully saturated rings. The Kier molecular flexibility index (Phi) is 3.08. The van der Waals surface area contributed by atoms with Gasteiger partial charge in [-0.25, -0.2) is 4.68 Å². The zero-order valence-corrected chi connectivity index (χ0v) is 10.9. The number of nitrogens with two attached hydrogens (primary N) is 2. The lowest BCUT2D eigenvalue weighted by atomic mass is 10.1. The molecule has 0 aliphatic heterocycles. The Hall–Kier alpha value is -1.53. The van der Waals surface area contributed by atoms with E-state index in [1.165, 1.54) is 10.9 Å². The third-order valence-electron chi connectivity index (χ3n) is 2.17. The number of aromatic nitrogens is 2. The Morgan fingerprint density at radius 2 is 2.18 bits per heavy atom. The van der Waals surface area contributed by atoms with Crippen LogP contribution in [0.4, 0.5) is 5.82 Å².